The van der Waals surface area contributed by atoms with Crippen molar-refractivity contribution in [2.45, 2.75) is 18.9 Å². The van der Waals surface area contributed by atoms with Crippen LogP contribution in [-0.2, 0) is 14.3 Å². The van der Waals surface area contributed by atoms with Gasteiger partial charge in [-0.15, -0.1) is 0 Å². The van der Waals surface area contributed by atoms with Crippen molar-refractivity contribution in [1.29, 1.82) is 0 Å². The molecule has 0 spiro atoms. The highest BCUT2D eigenvalue weighted by Crippen LogP contribution is 2.06. The van der Waals surface area contributed by atoms with Gasteiger partial charge in [0.2, 0.25) is 12.0 Å². The molecule has 2 N–H and O–H groups in total. The molecule has 0 aliphatic rings. The Bertz CT molecular complexity index is 409. The number of nitrogens with zero attached hydrogens (tertiary/aromatic N) is 2. The van der Waals surface area contributed by atoms with Gasteiger partial charge >= 0.3 is 12.1 Å². The fraction of sp³-hybridized carbons (Fsp3) is 0.643. The summed E-state index contributed by atoms with van der Waals surface area (Å²) in [5.74, 6) is -1.39. The van der Waals surface area contributed by atoms with Crippen molar-refractivity contribution in [3.63, 3.8) is 0 Å². The molecule has 1 atom stereocenters. The lowest BCUT2D eigenvalue weighted by atomic mass is 10.2. The number of carbonyl (C=O) groups excluding carboxylic acids is 2. The lowest BCUT2D eigenvalue weighted by Crippen LogP contribution is -2.37. The van der Waals surface area contributed by atoms with Crippen LogP contribution < -0.4 is 5.32 Å². The number of carbonyl (C=O) groups is 3. The zero-order chi connectivity index (χ0) is 17.1. The normalized spacial score (nSPS) is 12.0. The number of nitrogens with one attached hydrogen (secondary N) is 1. The monoisotopic (exact) mass is 315 g/mol. The number of allylic oxidation sites excluding steroid dienone is 1. The van der Waals surface area contributed by atoms with Gasteiger partial charge in [-0.05, 0) is 26.0 Å². The van der Waals surface area contributed by atoms with E-state index in [9.17, 15) is 14.4 Å². The highest BCUT2D eigenvalue weighted by molar-refractivity contribution is 5.87. The summed E-state index contributed by atoms with van der Waals surface area (Å²) in [6.07, 6.45) is 1.44. The van der Waals surface area contributed by atoms with Crippen LogP contribution in [0.15, 0.2) is 12.2 Å². The first-order valence-electron chi connectivity index (χ1n) is 6.96. The van der Waals surface area contributed by atoms with Crippen LogP contribution in [0, 0.1) is 0 Å². The smallest absolute Gasteiger partial charge is 0.410 e. The molecule has 0 aliphatic heterocycles. The van der Waals surface area contributed by atoms with E-state index in [4.69, 9.17) is 9.84 Å². The average Bonchev–Trinajstić information content (AvgIpc) is 2.46. The lowest BCUT2D eigenvalue weighted by Gasteiger charge is -2.20. The molecule has 0 aromatic heterocycles. The van der Waals surface area contributed by atoms with Crippen LogP contribution in [0.5, 0.6) is 0 Å². The van der Waals surface area contributed by atoms with Gasteiger partial charge in [-0.3, -0.25) is 4.79 Å². The molecule has 0 aromatic carbocycles. The zero-order valence-electron chi connectivity index (χ0n) is 13.5. The van der Waals surface area contributed by atoms with Gasteiger partial charge in [0.25, 0.3) is 0 Å². The van der Waals surface area contributed by atoms with E-state index in [1.54, 1.807) is 27.2 Å². The predicted octanol–water partition coefficient (Wildman–Crippen LogP) is 0.152. The Balaban J connectivity index is 4.35. The Morgan fingerprint density at radius 2 is 1.91 bits per heavy atom. The van der Waals surface area contributed by atoms with Gasteiger partial charge in [-0.1, -0.05) is 6.08 Å². The number of hydrogen-bond donors (Lipinski definition) is 2. The third-order valence-electron chi connectivity index (χ3n) is 2.82. The summed E-state index contributed by atoms with van der Waals surface area (Å²) < 4.78 is 4.96. The lowest BCUT2D eigenvalue weighted by molar-refractivity contribution is -0.147. The second kappa shape index (κ2) is 10.6. The molecular formula is C14H25N3O5. The molecule has 0 saturated carbocycles. The van der Waals surface area contributed by atoms with Crippen LogP contribution >= 0.6 is 0 Å². The largest absolute Gasteiger partial charge is 0.479 e. The molecule has 0 radical (unpaired) electrons. The van der Waals surface area contributed by atoms with Crippen molar-refractivity contribution in [3.8, 4) is 0 Å². The molecule has 0 heterocycles. The standard InChI is InChI=1S/C14H25N3O5/c1-15-9-10-17(4)14(21)22-11(13(19)20)7-5-6-8-12(18)16(2)3/h6,8,11,15H,5,7,9-10H2,1-4H3,(H,19,20)/b8-6+. The van der Waals surface area contributed by atoms with E-state index < -0.39 is 18.2 Å². The highest BCUT2D eigenvalue weighted by atomic mass is 16.6. The summed E-state index contributed by atoms with van der Waals surface area (Å²) in [7, 11) is 6.53. The number of amides is 2. The first-order valence-corrected chi connectivity index (χ1v) is 6.96. The van der Waals surface area contributed by atoms with Gasteiger partial charge in [-0.25, -0.2) is 9.59 Å². The van der Waals surface area contributed by atoms with Gasteiger partial charge < -0.3 is 25.0 Å². The van der Waals surface area contributed by atoms with Crippen molar-refractivity contribution in [1.82, 2.24) is 15.1 Å². The first-order chi connectivity index (χ1) is 10.3. The molecule has 0 rings (SSSR count). The minimum atomic E-state index is -1.23. The van der Waals surface area contributed by atoms with Crippen molar-refractivity contribution in [2.24, 2.45) is 0 Å². The summed E-state index contributed by atoms with van der Waals surface area (Å²) in [6.45, 7) is 0.998. The summed E-state index contributed by atoms with van der Waals surface area (Å²) in [6, 6.07) is 0. The zero-order valence-corrected chi connectivity index (χ0v) is 13.5. The Hall–Kier alpha value is -2.09. The van der Waals surface area contributed by atoms with Gasteiger partial charge in [0.1, 0.15) is 0 Å². The second-order valence-corrected chi connectivity index (χ2v) is 4.95. The third kappa shape index (κ3) is 8.25. The Kier molecular flexibility index (Phi) is 9.60. The number of ether oxygens (including phenoxy) is 1. The molecule has 0 saturated heterocycles. The van der Waals surface area contributed by atoms with Crippen LogP contribution in [0.25, 0.3) is 0 Å². The molecule has 8 heteroatoms. The number of aliphatic carboxylic acids is 1. The number of hydrogen-bond acceptors (Lipinski definition) is 5. The molecule has 1 unspecified atom stereocenters. The van der Waals surface area contributed by atoms with Crippen LogP contribution in [0.4, 0.5) is 4.79 Å². The highest BCUT2D eigenvalue weighted by Gasteiger charge is 2.23. The van der Waals surface area contributed by atoms with Crippen LogP contribution in [0.1, 0.15) is 12.8 Å². The molecule has 0 aliphatic carbocycles. The van der Waals surface area contributed by atoms with E-state index in [0.29, 0.717) is 19.5 Å². The van der Waals surface area contributed by atoms with E-state index >= 15 is 0 Å². The Morgan fingerprint density at radius 1 is 1.27 bits per heavy atom. The van der Waals surface area contributed by atoms with Gasteiger partial charge in [0.05, 0.1) is 0 Å². The molecule has 2 amide bonds. The van der Waals surface area contributed by atoms with E-state index in [1.165, 1.54) is 22.9 Å². The second-order valence-electron chi connectivity index (χ2n) is 4.95. The molecule has 22 heavy (non-hydrogen) atoms. The summed E-state index contributed by atoms with van der Waals surface area (Å²) in [5.41, 5.74) is 0. The van der Waals surface area contributed by atoms with Gasteiger partial charge in [0, 0.05) is 34.2 Å². The number of carboxylic acid groups (broad SMARTS) is 1. The van der Waals surface area contributed by atoms with Crippen LogP contribution in [0.3, 0.4) is 0 Å². The van der Waals surface area contributed by atoms with Crippen molar-refractivity contribution >= 4 is 18.0 Å². The van der Waals surface area contributed by atoms with E-state index in [1.807, 2.05) is 0 Å². The number of likely N-dealkylation sites (N-methyl/N-ethyl adjacent to an activating group) is 3. The quantitative estimate of drug-likeness (QED) is 0.588. The predicted molar refractivity (Wildman–Crippen MR) is 81.5 cm³/mol. The summed E-state index contributed by atoms with van der Waals surface area (Å²) >= 11 is 0. The maximum Gasteiger partial charge on any atom is 0.410 e. The van der Waals surface area contributed by atoms with E-state index in [0.717, 1.165) is 0 Å². The SMILES string of the molecule is CNCCN(C)C(=O)OC(CC/C=C/C(=O)N(C)C)C(=O)O. The minimum absolute atomic E-state index is 0.109. The molecule has 8 nitrogen and oxygen atoms in total. The van der Waals surface area contributed by atoms with Gasteiger partial charge in [-0.2, -0.15) is 0 Å². The maximum absolute atomic E-state index is 11.7. The third-order valence-corrected chi connectivity index (χ3v) is 2.82. The van der Waals surface area contributed by atoms with Crippen molar-refractivity contribution < 1.29 is 24.2 Å². The molecule has 0 bridgehead atoms. The fourth-order valence-corrected chi connectivity index (χ4v) is 1.40. The molecule has 0 aromatic rings. The van der Waals surface area contributed by atoms with E-state index in [2.05, 4.69) is 5.32 Å². The topological polar surface area (TPSA) is 99.2 Å². The summed E-state index contributed by atoms with van der Waals surface area (Å²) in [4.78, 5) is 36.9. The summed E-state index contributed by atoms with van der Waals surface area (Å²) in [5, 5.41) is 11.9. The minimum Gasteiger partial charge on any atom is -0.479 e. The van der Waals surface area contributed by atoms with Crippen molar-refractivity contribution in [3.05, 3.63) is 12.2 Å². The Labute approximate surface area is 130 Å². The van der Waals surface area contributed by atoms with Crippen LogP contribution in [-0.4, -0.2) is 80.3 Å². The average molecular weight is 315 g/mol. The number of rotatable bonds is 9. The van der Waals surface area contributed by atoms with Gasteiger partial charge in [0.15, 0.2) is 0 Å². The van der Waals surface area contributed by atoms with Crippen molar-refractivity contribution in [2.75, 3.05) is 41.3 Å². The fourth-order valence-electron chi connectivity index (χ4n) is 1.40. The molecular weight excluding hydrogens is 290 g/mol. The first kappa shape index (κ1) is 19.9. The molecule has 126 valence electrons. The molecule has 0 fully saturated rings. The van der Waals surface area contributed by atoms with Crippen LogP contribution in [0.2, 0.25) is 0 Å². The number of carboxylic acids is 1. The maximum atomic E-state index is 11.7. The van der Waals surface area contributed by atoms with E-state index in [-0.39, 0.29) is 12.3 Å². The Morgan fingerprint density at radius 3 is 2.41 bits per heavy atom.